The quantitative estimate of drug-likeness (QED) is 0.867. The van der Waals surface area contributed by atoms with Crippen molar-refractivity contribution in [3.8, 4) is 0 Å². The number of hydrogen-bond donors (Lipinski definition) is 2. The van der Waals surface area contributed by atoms with Crippen LogP contribution in [0.4, 0.5) is 0 Å². The molecule has 0 atom stereocenters. The van der Waals surface area contributed by atoms with Crippen LogP contribution >= 0.6 is 0 Å². The molecule has 0 radical (unpaired) electrons. The van der Waals surface area contributed by atoms with Crippen molar-refractivity contribution in [3.63, 3.8) is 0 Å². The Labute approximate surface area is 121 Å². The van der Waals surface area contributed by atoms with Crippen LogP contribution in [0.5, 0.6) is 0 Å². The first-order valence-corrected chi connectivity index (χ1v) is 7.71. The fourth-order valence-electron chi connectivity index (χ4n) is 3.09. The summed E-state index contributed by atoms with van der Waals surface area (Å²) in [6.07, 6.45) is 7.10. The molecule has 1 aromatic rings. The highest BCUT2D eigenvalue weighted by Crippen LogP contribution is 2.34. The maximum Gasteiger partial charge on any atom is 0.251 e. The normalized spacial score (nSPS) is 17.7. The van der Waals surface area contributed by atoms with Gasteiger partial charge < -0.3 is 11.1 Å². The minimum atomic E-state index is 0.0425. The fraction of sp³-hybridized carbons (Fsp3) is 0.588. The van der Waals surface area contributed by atoms with E-state index in [0.29, 0.717) is 6.54 Å². The van der Waals surface area contributed by atoms with Crippen molar-refractivity contribution in [2.24, 2.45) is 11.1 Å². The van der Waals surface area contributed by atoms with E-state index in [2.05, 4.69) is 12.2 Å². The van der Waals surface area contributed by atoms with Gasteiger partial charge in [0.15, 0.2) is 0 Å². The average molecular weight is 274 g/mol. The van der Waals surface area contributed by atoms with Gasteiger partial charge in [-0.1, -0.05) is 44.4 Å². The molecule has 1 aromatic carbocycles. The topological polar surface area (TPSA) is 55.1 Å². The van der Waals surface area contributed by atoms with Crippen LogP contribution < -0.4 is 11.1 Å². The highest BCUT2D eigenvalue weighted by molar-refractivity contribution is 5.95. The summed E-state index contributed by atoms with van der Waals surface area (Å²) >= 11 is 0. The van der Waals surface area contributed by atoms with Crippen LogP contribution in [0.2, 0.25) is 0 Å². The number of amides is 1. The van der Waals surface area contributed by atoms with Crippen molar-refractivity contribution in [1.29, 1.82) is 0 Å². The van der Waals surface area contributed by atoms with Crippen molar-refractivity contribution in [2.75, 3.05) is 13.1 Å². The molecule has 1 saturated carbocycles. The molecule has 0 spiro atoms. The van der Waals surface area contributed by atoms with Gasteiger partial charge in [-0.25, -0.2) is 0 Å². The first kappa shape index (κ1) is 15.0. The molecule has 1 fully saturated rings. The molecule has 3 N–H and O–H groups in total. The number of rotatable bonds is 5. The minimum Gasteiger partial charge on any atom is -0.351 e. The molecule has 3 heteroatoms. The third-order valence-corrected chi connectivity index (χ3v) is 4.41. The Balaban J connectivity index is 1.98. The largest absolute Gasteiger partial charge is 0.351 e. The summed E-state index contributed by atoms with van der Waals surface area (Å²) in [5.41, 5.74) is 7.70. The van der Waals surface area contributed by atoms with Crippen molar-refractivity contribution in [1.82, 2.24) is 5.32 Å². The molecule has 110 valence electrons. The molecule has 0 heterocycles. The number of benzene rings is 1. The van der Waals surface area contributed by atoms with Crippen LogP contribution in [-0.2, 0) is 6.42 Å². The Morgan fingerprint density at radius 2 is 1.95 bits per heavy atom. The molecule has 0 aromatic heterocycles. The molecule has 0 unspecified atom stereocenters. The SMILES string of the molecule is CC1(CNC(=O)c2ccccc2CCN)CCCCC1. The molecule has 1 aliphatic rings. The van der Waals surface area contributed by atoms with E-state index < -0.39 is 0 Å². The molecule has 1 amide bonds. The summed E-state index contributed by atoms with van der Waals surface area (Å²) < 4.78 is 0. The summed E-state index contributed by atoms with van der Waals surface area (Å²) in [4.78, 5) is 12.4. The predicted octanol–water partition coefficient (Wildman–Crippen LogP) is 2.89. The van der Waals surface area contributed by atoms with Gasteiger partial charge >= 0.3 is 0 Å². The van der Waals surface area contributed by atoms with Gasteiger partial charge in [0.1, 0.15) is 0 Å². The molecule has 0 saturated heterocycles. The average Bonchev–Trinajstić information content (AvgIpc) is 2.47. The lowest BCUT2D eigenvalue weighted by atomic mass is 9.75. The van der Waals surface area contributed by atoms with Gasteiger partial charge in [-0.05, 0) is 42.9 Å². The molecule has 3 nitrogen and oxygen atoms in total. The molecular weight excluding hydrogens is 248 g/mol. The zero-order chi connectivity index (χ0) is 14.4. The smallest absolute Gasteiger partial charge is 0.251 e. The maximum atomic E-state index is 12.4. The van der Waals surface area contributed by atoms with E-state index in [1.807, 2.05) is 24.3 Å². The Hall–Kier alpha value is -1.35. The lowest BCUT2D eigenvalue weighted by Gasteiger charge is -2.33. The van der Waals surface area contributed by atoms with Gasteiger partial charge in [-0.2, -0.15) is 0 Å². The number of nitrogens with two attached hydrogens (primary N) is 1. The van der Waals surface area contributed by atoms with E-state index in [-0.39, 0.29) is 11.3 Å². The van der Waals surface area contributed by atoms with E-state index >= 15 is 0 Å². The van der Waals surface area contributed by atoms with E-state index in [9.17, 15) is 4.79 Å². The molecular formula is C17H26N2O. The van der Waals surface area contributed by atoms with Crippen molar-refractivity contribution >= 4 is 5.91 Å². The van der Waals surface area contributed by atoms with Gasteiger partial charge in [0, 0.05) is 12.1 Å². The van der Waals surface area contributed by atoms with Gasteiger partial charge in [-0.15, -0.1) is 0 Å². The van der Waals surface area contributed by atoms with Gasteiger partial charge in [0.25, 0.3) is 5.91 Å². The number of hydrogen-bond acceptors (Lipinski definition) is 2. The number of nitrogens with one attached hydrogen (secondary N) is 1. The second kappa shape index (κ2) is 6.89. The van der Waals surface area contributed by atoms with Crippen LogP contribution in [-0.4, -0.2) is 19.0 Å². The monoisotopic (exact) mass is 274 g/mol. The number of carbonyl (C=O) groups excluding carboxylic acids is 1. The van der Waals surface area contributed by atoms with E-state index in [4.69, 9.17) is 5.73 Å². The van der Waals surface area contributed by atoms with Crippen molar-refractivity contribution in [2.45, 2.75) is 45.4 Å². The zero-order valence-electron chi connectivity index (χ0n) is 12.5. The second-order valence-electron chi connectivity index (χ2n) is 6.25. The lowest BCUT2D eigenvalue weighted by Crippen LogP contribution is -2.37. The second-order valence-corrected chi connectivity index (χ2v) is 6.25. The molecule has 0 aliphatic heterocycles. The van der Waals surface area contributed by atoms with Crippen molar-refractivity contribution in [3.05, 3.63) is 35.4 Å². The van der Waals surface area contributed by atoms with Crippen LogP contribution in [0.25, 0.3) is 0 Å². The third kappa shape index (κ3) is 3.83. The van der Waals surface area contributed by atoms with Crippen LogP contribution in [0.3, 0.4) is 0 Å². The van der Waals surface area contributed by atoms with Gasteiger partial charge in [0.05, 0.1) is 0 Å². The van der Waals surface area contributed by atoms with Gasteiger partial charge in [0.2, 0.25) is 0 Å². The van der Waals surface area contributed by atoms with Gasteiger partial charge in [-0.3, -0.25) is 4.79 Å². The maximum absolute atomic E-state index is 12.4. The molecule has 1 aliphatic carbocycles. The predicted molar refractivity (Wildman–Crippen MR) is 82.7 cm³/mol. The third-order valence-electron chi connectivity index (χ3n) is 4.41. The minimum absolute atomic E-state index is 0.0425. The Bertz CT molecular complexity index is 450. The summed E-state index contributed by atoms with van der Waals surface area (Å²) in [5, 5.41) is 3.13. The Kier molecular flexibility index (Phi) is 5.18. The first-order chi connectivity index (χ1) is 9.64. The standard InChI is InChI=1S/C17H26N2O/c1-17(10-5-2-6-11-17)13-19-16(20)15-8-4-3-7-14(15)9-12-18/h3-4,7-8H,2,5-6,9-13,18H2,1H3,(H,19,20). The first-order valence-electron chi connectivity index (χ1n) is 7.71. The van der Waals surface area contributed by atoms with Crippen LogP contribution in [0, 0.1) is 5.41 Å². The van der Waals surface area contributed by atoms with E-state index in [1.54, 1.807) is 0 Å². The number of carbonyl (C=O) groups is 1. The molecule has 20 heavy (non-hydrogen) atoms. The highest BCUT2D eigenvalue weighted by atomic mass is 16.1. The lowest BCUT2D eigenvalue weighted by molar-refractivity contribution is 0.0918. The molecule has 2 rings (SSSR count). The van der Waals surface area contributed by atoms with E-state index in [1.165, 1.54) is 32.1 Å². The van der Waals surface area contributed by atoms with Crippen LogP contribution in [0.1, 0.15) is 54.9 Å². The zero-order valence-corrected chi connectivity index (χ0v) is 12.5. The Morgan fingerprint density at radius 1 is 1.25 bits per heavy atom. The summed E-state index contributed by atoms with van der Waals surface area (Å²) in [6.45, 7) is 3.64. The summed E-state index contributed by atoms with van der Waals surface area (Å²) in [5.74, 6) is 0.0425. The van der Waals surface area contributed by atoms with Crippen LogP contribution in [0.15, 0.2) is 24.3 Å². The highest BCUT2D eigenvalue weighted by Gasteiger charge is 2.27. The molecule has 0 bridgehead atoms. The van der Waals surface area contributed by atoms with Crippen molar-refractivity contribution < 1.29 is 4.79 Å². The summed E-state index contributed by atoms with van der Waals surface area (Å²) in [7, 11) is 0. The summed E-state index contributed by atoms with van der Waals surface area (Å²) in [6, 6.07) is 7.76. The fourth-order valence-corrected chi connectivity index (χ4v) is 3.09. The van der Waals surface area contributed by atoms with E-state index in [0.717, 1.165) is 24.1 Å². The Morgan fingerprint density at radius 3 is 2.65 bits per heavy atom.